The first-order valence-corrected chi connectivity index (χ1v) is 6.06. The number of nitrogens with one attached hydrogen (secondary N) is 1. The molecule has 7 nitrogen and oxygen atoms in total. The maximum absolute atomic E-state index is 11.6. The third-order valence-electron chi connectivity index (χ3n) is 1.94. The van der Waals surface area contributed by atoms with E-state index < -0.39 is 22.2 Å². The van der Waals surface area contributed by atoms with Crippen molar-refractivity contribution in [2.45, 2.75) is 17.6 Å². The minimum Gasteiger partial charge on any atom is -0.393 e. The molecule has 1 unspecified atom stereocenters. The molecule has 1 atom stereocenters. The van der Waals surface area contributed by atoms with Crippen molar-refractivity contribution in [3.63, 3.8) is 0 Å². The summed E-state index contributed by atoms with van der Waals surface area (Å²) >= 11 is 0. The van der Waals surface area contributed by atoms with Gasteiger partial charge in [0.05, 0.1) is 18.5 Å². The molecular weight excluding hydrogens is 234 g/mol. The van der Waals surface area contributed by atoms with Gasteiger partial charge in [-0.25, -0.2) is 18.1 Å². The van der Waals surface area contributed by atoms with Crippen LogP contribution in [0, 0.1) is 0 Å². The van der Waals surface area contributed by atoms with Gasteiger partial charge in [-0.1, -0.05) is 0 Å². The minimum atomic E-state index is -3.74. The highest BCUT2D eigenvalue weighted by atomic mass is 32.2. The van der Waals surface area contributed by atoms with Crippen LogP contribution >= 0.6 is 0 Å². The first-order valence-electron chi connectivity index (χ1n) is 4.58. The average Bonchev–Trinajstić information content (AvgIpc) is 2.63. The summed E-state index contributed by atoms with van der Waals surface area (Å²) in [7, 11) is -2.09. The third-order valence-corrected chi connectivity index (χ3v) is 3.23. The van der Waals surface area contributed by atoms with Gasteiger partial charge in [0.15, 0.2) is 5.03 Å². The van der Waals surface area contributed by atoms with Crippen LogP contribution < -0.4 is 4.72 Å². The molecule has 0 aliphatic rings. The molecule has 0 aliphatic heterocycles. The minimum absolute atomic E-state index is 0.122. The second kappa shape index (κ2) is 4.50. The van der Waals surface area contributed by atoms with Gasteiger partial charge in [-0.05, 0) is 6.92 Å². The van der Waals surface area contributed by atoms with Crippen LogP contribution in [0.5, 0.6) is 0 Å². The number of sulfonamides is 1. The standard InChI is InChI=1S/C8H15N3O4S/c1-8(13,5-12)4-10-16(14,15)7-3-11(2)6-9-7/h3,6,10,12-13H,4-5H2,1-2H3. The van der Waals surface area contributed by atoms with E-state index in [0.29, 0.717) is 0 Å². The number of aromatic nitrogens is 2. The maximum atomic E-state index is 11.6. The second-order valence-corrected chi connectivity index (χ2v) is 5.57. The molecule has 0 saturated carbocycles. The zero-order valence-corrected chi connectivity index (χ0v) is 9.90. The van der Waals surface area contributed by atoms with Crippen molar-refractivity contribution in [2.75, 3.05) is 13.2 Å². The Bertz CT molecular complexity index is 452. The first kappa shape index (κ1) is 13.1. The van der Waals surface area contributed by atoms with Crippen molar-refractivity contribution in [1.82, 2.24) is 14.3 Å². The number of rotatable bonds is 5. The molecule has 1 aromatic rings. The number of aryl methyl sites for hydroxylation is 1. The van der Waals surface area contributed by atoms with Crippen LogP contribution in [0.4, 0.5) is 0 Å². The molecule has 0 radical (unpaired) electrons. The molecule has 0 aliphatic carbocycles. The van der Waals surface area contributed by atoms with E-state index in [9.17, 15) is 13.5 Å². The normalized spacial score (nSPS) is 16.0. The molecule has 1 rings (SSSR count). The van der Waals surface area contributed by atoms with Gasteiger partial charge in [-0.15, -0.1) is 0 Å². The van der Waals surface area contributed by atoms with E-state index >= 15 is 0 Å². The summed E-state index contributed by atoms with van der Waals surface area (Å²) in [6.45, 7) is 0.522. The Kier molecular flexibility index (Phi) is 3.68. The third kappa shape index (κ3) is 3.27. The topological polar surface area (TPSA) is 104 Å². The highest BCUT2D eigenvalue weighted by Crippen LogP contribution is 2.06. The van der Waals surface area contributed by atoms with Crippen LogP contribution in [0.15, 0.2) is 17.6 Å². The number of aliphatic hydroxyl groups excluding tert-OH is 1. The van der Waals surface area contributed by atoms with E-state index in [1.54, 1.807) is 7.05 Å². The first-order chi connectivity index (χ1) is 7.27. The highest BCUT2D eigenvalue weighted by Gasteiger charge is 2.24. The lowest BCUT2D eigenvalue weighted by atomic mass is 10.1. The zero-order valence-electron chi connectivity index (χ0n) is 9.08. The summed E-state index contributed by atoms with van der Waals surface area (Å²) < 4.78 is 26.9. The summed E-state index contributed by atoms with van der Waals surface area (Å²) in [4.78, 5) is 3.68. The van der Waals surface area contributed by atoms with Crippen molar-refractivity contribution in [3.8, 4) is 0 Å². The van der Waals surface area contributed by atoms with Crippen molar-refractivity contribution in [1.29, 1.82) is 0 Å². The van der Waals surface area contributed by atoms with Crippen molar-refractivity contribution in [3.05, 3.63) is 12.5 Å². The molecule has 0 spiro atoms. The van der Waals surface area contributed by atoms with Crippen molar-refractivity contribution < 1.29 is 18.6 Å². The molecular formula is C8H15N3O4S. The molecule has 3 N–H and O–H groups in total. The summed E-state index contributed by atoms with van der Waals surface area (Å²) in [5, 5.41) is 18.1. The number of aliphatic hydroxyl groups is 2. The monoisotopic (exact) mass is 249 g/mol. The molecule has 0 aromatic carbocycles. The van der Waals surface area contributed by atoms with Crippen molar-refractivity contribution in [2.24, 2.45) is 7.05 Å². The number of nitrogens with zero attached hydrogens (tertiary/aromatic N) is 2. The summed E-state index contributed by atoms with van der Waals surface area (Å²) in [5.74, 6) is 0. The Morgan fingerprint density at radius 2 is 2.25 bits per heavy atom. The van der Waals surface area contributed by atoms with Gasteiger partial charge in [0.2, 0.25) is 0 Å². The molecule has 16 heavy (non-hydrogen) atoms. The second-order valence-electron chi connectivity index (χ2n) is 3.86. The highest BCUT2D eigenvalue weighted by molar-refractivity contribution is 7.89. The Labute approximate surface area is 93.8 Å². The van der Waals surface area contributed by atoms with Crippen molar-refractivity contribution >= 4 is 10.0 Å². The van der Waals surface area contributed by atoms with Crippen LogP contribution in [0.2, 0.25) is 0 Å². The van der Waals surface area contributed by atoms with Crippen LogP contribution in [0.25, 0.3) is 0 Å². The molecule has 1 heterocycles. The van der Waals surface area contributed by atoms with Crippen LogP contribution in [-0.2, 0) is 17.1 Å². The fraction of sp³-hybridized carbons (Fsp3) is 0.625. The molecule has 92 valence electrons. The van der Waals surface area contributed by atoms with E-state index in [0.717, 1.165) is 0 Å². The van der Waals surface area contributed by atoms with Gasteiger partial charge >= 0.3 is 0 Å². The number of hydrogen-bond acceptors (Lipinski definition) is 5. The zero-order chi connectivity index (χ0) is 12.4. The fourth-order valence-electron chi connectivity index (χ4n) is 0.908. The van der Waals surface area contributed by atoms with E-state index in [1.165, 1.54) is 24.0 Å². The van der Waals surface area contributed by atoms with Gasteiger partial charge < -0.3 is 14.8 Å². The SMILES string of the molecule is Cn1cnc(S(=O)(=O)NCC(C)(O)CO)c1. The Balaban J connectivity index is 2.74. The largest absolute Gasteiger partial charge is 0.393 e. The fourth-order valence-corrected chi connectivity index (χ4v) is 2.05. The van der Waals surface area contributed by atoms with E-state index in [-0.39, 0.29) is 11.6 Å². The van der Waals surface area contributed by atoms with E-state index in [2.05, 4.69) is 9.71 Å². The molecule has 0 bridgehead atoms. The number of hydrogen-bond donors (Lipinski definition) is 3. The van der Waals surface area contributed by atoms with Crippen LogP contribution in [0.3, 0.4) is 0 Å². The number of imidazole rings is 1. The molecule has 0 amide bonds. The predicted octanol–water partition coefficient (Wildman–Crippen LogP) is -1.56. The Morgan fingerprint density at radius 1 is 1.62 bits per heavy atom. The maximum Gasteiger partial charge on any atom is 0.259 e. The van der Waals surface area contributed by atoms with Gasteiger partial charge in [0.1, 0.15) is 0 Å². The van der Waals surface area contributed by atoms with E-state index in [4.69, 9.17) is 5.11 Å². The lowest BCUT2D eigenvalue weighted by molar-refractivity contribution is 0.00680. The molecule has 0 fully saturated rings. The smallest absolute Gasteiger partial charge is 0.259 e. The molecule has 0 saturated heterocycles. The Morgan fingerprint density at radius 3 is 2.69 bits per heavy atom. The van der Waals surface area contributed by atoms with Gasteiger partial charge in [0.25, 0.3) is 10.0 Å². The Hall–Kier alpha value is -0.960. The van der Waals surface area contributed by atoms with Gasteiger partial charge in [-0.3, -0.25) is 0 Å². The summed E-state index contributed by atoms with van der Waals surface area (Å²) in [6, 6.07) is 0. The van der Waals surface area contributed by atoms with Gasteiger partial charge in [0, 0.05) is 19.8 Å². The lowest BCUT2D eigenvalue weighted by Gasteiger charge is -2.19. The molecule has 1 aromatic heterocycles. The lowest BCUT2D eigenvalue weighted by Crippen LogP contribution is -2.43. The van der Waals surface area contributed by atoms with Gasteiger partial charge in [-0.2, -0.15) is 0 Å². The summed E-state index contributed by atoms with van der Waals surface area (Å²) in [6.07, 6.45) is 2.70. The average molecular weight is 249 g/mol. The van der Waals surface area contributed by atoms with Crippen LogP contribution in [0.1, 0.15) is 6.92 Å². The predicted molar refractivity (Wildman–Crippen MR) is 56.1 cm³/mol. The quantitative estimate of drug-likeness (QED) is 0.585. The van der Waals surface area contributed by atoms with E-state index in [1.807, 2.05) is 0 Å². The summed E-state index contributed by atoms with van der Waals surface area (Å²) in [5.41, 5.74) is -1.48. The molecule has 8 heteroatoms. The van der Waals surface area contributed by atoms with Crippen LogP contribution in [-0.4, -0.2) is 46.9 Å².